The molecule has 3 nitrogen and oxygen atoms in total. The number of benzene rings is 3. The summed E-state index contributed by atoms with van der Waals surface area (Å²) in [4.78, 5) is 2.52. The van der Waals surface area contributed by atoms with Crippen molar-refractivity contribution in [3.63, 3.8) is 0 Å². The van der Waals surface area contributed by atoms with Crippen LogP contribution in [0.15, 0.2) is 103 Å². The molecule has 0 unspecified atom stereocenters. The largest absolute Gasteiger partial charge is 0.380 e. The Morgan fingerprint density at radius 1 is 0.788 bits per heavy atom. The molecular formula is C30H32N2O. The van der Waals surface area contributed by atoms with Crippen molar-refractivity contribution in [3.8, 4) is 5.69 Å². The Hall–Kier alpha value is -3.14. The fourth-order valence-corrected chi connectivity index (χ4v) is 5.34. The summed E-state index contributed by atoms with van der Waals surface area (Å²) in [5.41, 5.74) is 4.81. The fourth-order valence-electron chi connectivity index (χ4n) is 5.34. The normalized spacial score (nSPS) is 15.6. The molecule has 1 aliphatic heterocycles. The molecule has 1 saturated heterocycles. The summed E-state index contributed by atoms with van der Waals surface area (Å²) >= 11 is 0. The minimum Gasteiger partial charge on any atom is -0.380 e. The Morgan fingerprint density at radius 3 is 2.03 bits per heavy atom. The Labute approximate surface area is 196 Å². The summed E-state index contributed by atoms with van der Waals surface area (Å²) in [5, 5.41) is 12.1. The molecule has 0 radical (unpaired) electrons. The first-order valence-corrected chi connectivity index (χ1v) is 11.9. The lowest BCUT2D eigenvalue weighted by molar-refractivity contribution is -0.0154. The number of rotatable bonds is 6. The molecule has 0 atom stereocenters. The molecule has 0 saturated carbocycles. The second-order valence-electron chi connectivity index (χ2n) is 9.26. The maximum atomic E-state index is 12.1. The van der Waals surface area contributed by atoms with Crippen LogP contribution in [0.1, 0.15) is 35.2 Å². The number of likely N-dealkylation sites (tertiary alicyclic amines) is 1. The van der Waals surface area contributed by atoms with E-state index in [9.17, 15) is 5.11 Å². The maximum absolute atomic E-state index is 12.1. The molecule has 2 heterocycles. The van der Waals surface area contributed by atoms with E-state index in [-0.39, 0.29) is 5.92 Å². The average Bonchev–Trinajstić information content (AvgIpc) is 3.33. The van der Waals surface area contributed by atoms with Gasteiger partial charge in [-0.05, 0) is 79.7 Å². The van der Waals surface area contributed by atoms with Gasteiger partial charge in [0.2, 0.25) is 0 Å². The summed E-state index contributed by atoms with van der Waals surface area (Å²) in [6.45, 7) is 5.01. The van der Waals surface area contributed by atoms with Crippen LogP contribution in [0.3, 0.4) is 0 Å². The van der Waals surface area contributed by atoms with Gasteiger partial charge in [-0.25, -0.2) is 0 Å². The zero-order valence-corrected chi connectivity index (χ0v) is 19.3. The molecule has 1 N–H and O–H groups in total. The first-order valence-electron chi connectivity index (χ1n) is 11.9. The van der Waals surface area contributed by atoms with Gasteiger partial charge in [0.1, 0.15) is 5.60 Å². The van der Waals surface area contributed by atoms with Crippen molar-refractivity contribution in [1.82, 2.24) is 9.47 Å². The lowest BCUT2D eigenvalue weighted by atomic mass is 9.72. The van der Waals surface area contributed by atoms with E-state index < -0.39 is 5.60 Å². The Balaban J connectivity index is 1.33. The predicted molar refractivity (Wildman–Crippen MR) is 134 cm³/mol. The van der Waals surface area contributed by atoms with E-state index in [0.29, 0.717) is 0 Å². The lowest BCUT2D eigenvalue weighted by Crippen LogP contribution is -2.44. The Kier molecular flexibility index (Phi) is 6.17. The predicted octanol–water partition coefficient (Wildman–Crippen LogP) is 5.93. The number of hydrogen-bond acceptors (Lipinski definition) is 2. The molecule has 0 bridgehead atoms. The number of piperidine rings is 1. The van der Waals surface area contributed by atoms with Gasteiger partial charge in [-0.1, -0.05) is 72.8 Å². The molecule has 0 amide bonds. The molecule has 1 fully saturated rings. The van der Waals surface area contributed by atoms with Crippen molar-refractivity contribution in [1.29, 1.82) is 0 Å². The molecule has 3 heteroatoms. The van der Waals surface area contributed by atoms with E-state index in [0.717, 1.165) is 43.6 Å². The van der Waals surface area contributed by atoms with Crippen LogP contribution in [0.2, 0.25) is 0 Å². The highest BCUT2D eigenvalue weighted by Gasteiger charge is 2.41. The third-order valence-corrected chi connectivity index (χ3v) is 7.10. The summed E-state index contributed by atoms with van der Waals surface area (Å²) in [5.74, 6) is 0.183. The minimum atomic E-state index is -0.962. The van der Waals surface area contributed by atoms with Gasteiger partial charge < -0.3 is 9.67 Å². The Morgan fingerprint density at radius 2 is 1.42 bits per heavy atom. The van der Waals surface area contributed by atoms with E-state index in [1.807, 2.05) is 36.4 Å². The monoisotopic (exact) mass is 436 g/mol. The summed E-state index contributed by atoms with van der Waals surface area (Å²) in [6.07, 6.45) is 4.08. The first-order chi connectivity index (χ1) is 16.1. The molecule has 4 aromatic rings. The smallest absolute Gasteiger partial charge is 0.117 e. The number of hydrogen-bond donors (Lipinski definition) is 1. The van der Waals surface area contributed by atoms with Crippen molar-refractivity contribution < 1.29 is 5.11 Å². The van der Waals surface area contributed by atoms with Gasteiger partial charge in [-0.3, -0.25) is 4.90 Å². The number of aromatic nitrogens is 1. The molecular weight excluding hydrogens is 404 g/mol. The zero-order chi connectivity index (χ0) is 22.7. The third-order valence-electron chi connectivity index (χ3n) is 7.10. The van der Waals surface area contributed by atoms with Gasteiger partial charge in [-0.15, -0.1) is 0 Å². The van der Waals surface area contributed by atoms with Crippen LogP contribution in [0, 0.1) is 12.8 Å². The molecule has 1 aliphatic rings. The number of aryl methyl sites for hydroxylation is 1. The Bertz CT molecular complexity index is 1130. The highest BCUT2D eigenvalue weighted by molar-refractivity contribution is 5.39. The lowest BCUT2D eigenvalue weighted by Gasteiger charge is -2.42. The fraction of sp³-hybridized carbons (Fsp3) is 0.267. The van der Waals surface area contributed by atoms with Gasteiger partial charge in [0, 0.05) is 24.1 Å². The highest BCUT2D eigenvalue weighted by Crippen LogP contribution is 2.42. The van der Waals surface area contributed by atoms with Crippen LogP contribution >= 0.6 is 0 Å². The minimum absolute atomic E-state index is 0.183. The zero-order valence-electron chi connectivity index (χ0n) is 19.3. The van der Waals surface area contributed by atoms with E-state index in [2.05, 4.69) is 83.3 Å². The van der Waals surface area contributed by atoms with E-state index in [4.69, 9.17) is 0 Å². The summed E-state index contributed by atoms with van der Waals surface area (Å²) < 4.78 is 2.30. The van der Waals surface area contributed by atoms with Crippen LogP contribution in [0.5, 0.6) is 0 Å². The van der Waals surface area contributed by atoms with Crippen LogP contribution < -0.4 is 0 Å². The number of aliphatic hydroxyl groups is 1. The van der Waals surface area contributed by atoms with Crippen molar-refractivity contribution in [2.45, 2.75) is 31.9 Å². The summed E-state index contributed by atoms with van der Waals surface area (Å²) in [7, 11) is 0. The second kappa shape index (κ2) is 9.38. The topological polar surface area (TPSA) is 28.4 Å². The van der Waals surface area contributed by atoms with Gasteiger partial charge in [0.25, 0.3) is 0 Å². The molecule has 1 aromatic heterocycles. The maximum Gasteiger partial charge on any atom is 0.117 e. The molecule has 168 valence electrons. The molecule has 0 spiro atoms. The van der Waals surface area contributed by atoms with E-state index >= 15 is 0 Å². The average molecular weight is 437 g/mol. The van der Waals surface area contributed by atoms with Crippen LogP contribution in [0.4, 0.5) is 0 Å². The second-order valence-corrected chi connectivity index (χ2v) is 9.26. The number of nitrogens with zero attached hydrogens (tertiary/aromatic N) is 2. The molecule has 5 rings (SSSR count). The van der Waals surface area contributed by atoms with Gasteiger partial charge in [0.15, 0.2) is 0 Å². The van der Waals surface area contributed by atoms with Gasteiger partial charge >= 0.3 is 0 Å². The molecule has 33 heavy (non-hydrogen) atoms. The standard InChI is InChI=1S/C30H32N2O/c1-24-10-8-15-28(22-24)32-19-9-16-29(32)23-31-20-17-27(18-21-31)30(33,25-11-4-2-5-12-25)26-13-6-3-7-14-26/h2-16,19,22,27,33H,17-18,20-21,23H2,1H3. The van der Waals surface area contributed by atoms with Crippen molar-refractivity contribution in [2.75, 3.05) is 13.1 Å². The highest BCUT2D eigenvalue weighted by atomic mass is 16.3. The van der Waals surface area contributed by atoms with Gasteiger partial charge in [-0.2, -0.15) is 0 Å². The SMILES string of the molecule is Cc1cccc(-n2cccc2CN2CCC(C(O)(c3ccccc3)c3ccccc3)CC2)c1. The molecule has 3 aromatic carbocycles. The van der Waals surface area contributed by atoms with Crippen molar-refractivity contribution >= 4 is 0 Å². The van der Waals surface area contributed by atoms with Gasteiger partial charge in [0.05, 0.1) is 0 Å². The first kappa shape index (κ1) is 21.7. The van der Waals surface area contributed by atoms with Crippen LogP contribution in [0.25, 0.3) is 5.69 Å². The summed E-state index contributed by atoms with van der Waals surface area (Å²) in [6, 6.07) is 33.4. The van der Waals surface area contributed by atoms with E-state index in [1.54, 1.807) is 0 Å². The van der Waals surface area contributed by atoms with Crippen molar-refractivity contribution in [2.24, 2.45) is 5.92 Å². The van der Waals surface area contributed by atoms with E-state index in [1.165, 1.54) is 16.9 Å². The van der Waals surface area contributed by atoms with Crippen LogP contribution in [-0.2, 0) is 12.1 Å². The third kappa shape index (κ3) is 4.39. The quantitative estimate of drug-likeness (QED) is 0.406. The molecule has 0 aliphatic carbocycles. The van der Waals surface area contributed by atoms with Crippen molar-refractivity contribution in [3.05, 3.63) is 126 Å². The van der Waals surface area contributed by atoms with Crippen LogP contribution in [-0.4, -0.2) is 27.7 Å².